The molecule has 0 radical (unpaired) electrons. The summed E-state index contributed by atoms with van der Waals surface area (Å²) in [5, 5.41) is 8.90. The zero-order valence-corrected chi connectivity index (χ0v) is 8.83. The van der Waals surface area contributed by atoms with Gasteiger partial charge in [0.05, 0.1) is 0 Å². The van der Waals surface area contributed by atoms with E-state index in [9.17, 15) is 9.59 Å². The topological polar surface area (TPSA) is 83.0 Å². The first kappa shape index (κ1) is 11.4. The largest absolute Gasteiger partial charge is 0.476 e. The summed E-state index contributed by atoms with van der Waals surface area (Å²) in [6.07, 6.45) is 2.08. The van der Waals surface area contributed by atoms with Crippen molar-refractivity contribution in [2.24, 2.45) is 0 Å². The Hall–Kier alpha value is -1.65. The van der Waals surface area contributed by atoms with Gasteiger partial charge in [-0.25, -0.2) is 9.59 Å². The molecule has 1 rings (SSSR count). The number of rotatable bonds is 4. The van der Waals surface area contributed by atoms with Crippen molar-refractivity contribution in [3.8, 4) is 0 Å². The molecule has 0 amide bonds. The monoisotopic (exact) mass is 210 g/mol. The number of carbonyl (C=O) groups is 1. The molecule has 0 saturated carbocycles. The molecule has 0 fully saturated rings. The van der Waals surface area contributed by atoms with E-state index in [0.29, 0.717) is 24.1 Å². The first-order valence-electron chi connectivity index (χ1n) is 4.95. The van der Waals surface area contributed by atoms with Crippen molar-refractivity contribution >= 4 is 5.97 Å². The van der Waals surface area contributed by atoms with Crippen LogP contribution in [0.15, 0.2) is 4.79 Å². The van der Waals surface area contributed by atoms with Crippen LogP contribution in [0.25, 0.3) is 0 Å². The highest BCUT2D eigenvalue weighted by Crippen LogP contribution is 2.11. The van der Waals surface area contributed by atoms with Crippen molar-refractivity contribution in [1.82, 2.24) is 9.97 Å². The summed E-state index contributed by atoms with van der Waals surface area (Å²) in [6.45, 7) is 3.82. The van der Waals surface area contributed by atoms with Crippen molar-refractivity contribution in [2.45, 2.75) is 33.1 Å². The van der Waals surface area contributed by atoms with E-state index >= 15 is 0 Å². The van der Waals surface area contributed by atoms with E-state index in [1.54, 1.807) is 0 Å². The maximum absolute atomic E-state index is 11.1. The average Bonchev–Trinajstić information content (AvgIpc) is 2.17. The number of carboxylic acids is 1. The highest BCUT2D eigenvalue weighted by molar-refractivity contribution is 5.87. The second kappa shape index (κ2) is 4.72. The molecular formula is C10H14N2O3. The molecule has 5 nitrogen and oxygen atoms in total. The number of hydrogen-bond acceptors (Lipinski definition) is 3. The Bertz CT molecular complexity index is 423. The van der Waals surface area contributed by atoms with Gasteiger partial charge in [0.25, 0.3) is 0 Å². The number of carboxylic acid groups (broad SMARTS) is 1. The van der Waals surface area contributed by atoms with Gasteiger partial charge in [0.2, 0.25) is 0 Å². The molecule has 1 aromatic heterocycles. The van der Waals surface area contributed by atoms with E-state index in [1.165, 1.54) is 0 Å². The van der Waals surface area contributed by atoms with E-state index in [-0.39, 0.29) is 5.69 Å². The van der Waals surface area contributed by atoms with Gasteiger partial charge in [-0.1, -0.05) is 20.3 Å². The third-order valence-corrected chi connectivity index (χ3v) is 2.18. The Morgan fingerprint density at radius 2 is 2.13 bits per heavy atom. The lowest BCUT2D eigenvalue weighted by atomic mass is 10.1. The minimum Gasteiger partial charge on any atom is -0.476 e. The molecule has 0 unspecified atom stereocenters. The zero-order valence-electron chi connectivity index (χ0n) is 8.83. The van der Waals surface area contributed by atoms with Gasteiger partial charge in [-0.05, 0) is 12.8 Å². The fourth-order valence-corrected chi connectivity index (χ4v) is 1.57. The van der Waals surface area contributed by atoms with Crippen LogP contribution < -0.4 is 5.69 Å². The smallest absolute Gasteiger partial charge is 0.355 e. The van der Waals surface area contributed by atoms with Gasteiger partial charge in [-0.15, -0.1) is 0 Å². The lowest BCUT2D eigenvalue weighted by molar-refractivity contribution is 0.0688. The van der Waals surface area contributed by atoms with Gasteiger partial charge in [-0.2, -0.15) is 4.98 Å². The summed E-state index contributed by atoms with van der Waals surface area (Å²) in [6, 6.07) is 0. The van der Waals surface area contributed by atoms with Gasteiger partial charge < -0.3 is 10.1 Å². The second-order valence-electron chi connectivity index (χ2n) is 3.26. The summed E-state index contributed by atoms with van der Waals surface area (Å²) in [5.41, 5.74) is 0.610. The molecule has 1 aromatic rings. The number of aromatic carboxylic acids is 1. The number of hydrogen-bond donors (Lipinski definition) is 2. The molecular weight excluding hydrogens is 196 g/mol. The van der Waals surface area contributed by atoms with Crippen molar-refractivity contribution in [1.29, 1.82) is 0 Å². The molecule has 0 aromatic carbocycles. The third kappa shape index (κ3) is 2.43. The summed E-state index contributed by atoms with van der Waals surface area (Å²) in [5.74, 6) is -1.14. The maximum atomic E-state index is 11.1. The van der Waals surface area contributed by atoms with E-state index in [2.05, 4.69) is 9.97 Å². The van der Waals surface area contributed by atoms with Gasteiger partial charge in [0.15, 0.2) is 5.69 Å². The lowest BCUT2D eigenvalue weighted by Crippen LogP contribution is -2.21. The highest BCUT2D eigenvalue weighted by atomic mass is 16.4. The minimum absolute atomic E-state index is 0.121. The van der Waals surface area contributed by atoms with Gasteiger partial charge in [0.1, 0.15) is 0 Å². The Morgan fingerprint density at radius 3 is 2.60 bits per heavy atom. The van der Waals surface area contributed by atoms with E-state index < -0.39 is 11.7 Å². The predicted octanol–water partition coefficient (Wildman–Crippen LogP) is 0.983. The molecule has 0 aliphatic carbocycles. The molecule has 0 spiro atoms. The molecule has 0 bridgehead atoms. The number of nitrogens with zero attached hydrogens (tertiary/aromatic N) is 1. The van der Waals surface area contributed by atoms with E-state index in [1.807, 2.05) is 13.8 Å². The highest BCUT2D eigenvalue weighted by Gasteiger charge is 2.15. The molecule has 5 heteroatoms. The molecule has 0 aliphatic heterocycles. The number of H-pyrrole nitrogens is 1. The molecule has 82 valence electrons. The Kier molecular flexibility index (Phi) is 3.60. The predicted molar refractivity (Wildman–Crippen MR) is 55.2 cm³/mol. The number of aryl methyl sites for hydroxylation is 1. The number of aromatic nitrogens is 2. The van der Waals surface area contributed by atoms with Crippen molar-refractivity contribution in [2.75, 3.05) is 0 Å². The minimum atomic E-state index is -1.14. The SMILES string of the molecule is CCCc1[nH]c(=O)nc(C(=O)O)c1CC. The zero-order chi connectivity index (χ0) is 11.4. The molecule has 0 aliphatic rings. The van der Waals surface area contributed by atoms with Crippen molar-refractivity contribution in [3.05, 3.63) is 27.4 Å². The number of aromatic amines is 1. The quantitative estimate of drug-likeness (QED) is 0.776. The van der Waals surface area contributed by atoms with Crippen LogP contribution in [0.5, 0.6) is 0 Å². The van der Waals surface area contributed by atoms with Crippen LogP contribution >= 0.6 is 0 Å². The molecule has 15 heavy (non-hydrogen) atoms. The van der Waals surface area contributed by atoms with Crippen molar-refractivity contribution in [3.63, 3.8) is 0 Å². The summed E-state index contributed by atoms with van der Waals surface area (Å²) >= 11 is 0. The fourth-order valence-electron chi connectivity index (χ4n) is 1.57. The molecule has 0 saturated heterocycles. The fraction of sp³-hybridized carbons (Fsp3) is 0.500. The normalized spacial score (nSPS) is 10.3. The maximum Gasteiger partial charge on any atom is 0.355 e. The van der Waals surface area contributed by atoms with E-state index in [4.69, 9.17) is 5.11 Å². The first-order valence-corrected chi connectivity index (χ1v) is 4.95. The van der Waals surface area contributed by atoms with Crippen LogP contribution in [0.2, 0.25) is 0 Å². The van der Waals surface area contributed by atoms with Crippen LogP contribution in [-0.4, -0.2) is 21.0 Å². The molecule has 0 atom stereocenters. The molecule has 2 N–H and O–H groups in total. The summed E-state index contributed by atoms with van der Waals surface area (Å²) in [7, 11) is 0. The molecule has 1 heterocycles. The van der Waals surface area contributed by atoms with Crippen LogP contribution in [0.4, 0.5) is 0 Å². The summed E-state index contributed by atoms with van der Waals surface area (Å²) in [4.78, 5) is 28.1. The first-order chi connectivity index (χ1) is 7.10. The number of nitrogens with one attached hydrogen (secondary N) is 1. The average molecular weight is 210 g/mol. The van der Waals surface area contributed by atoms with Crippen LogP contribution in [0, 0.1) is 0 Å². The van der Waals surface area contributed by atoms with Gasteiger partial charge in [0, 0.05) is 11.3 Å². The Morgan fingerprint density at radius 1 is 1.47 bits per heavy atom. The van der Waals surface area contributed by atoms with Crippen LogP contribution in [-0.2, 0) is 12.8 Å². The lowest BCUT2D eigenvalue weighted by Gasteiger charge is -2.08. The summed E-state index contributed by atoms with van der Waals surface area (Å²) < 4.78 is 0. The second-order valence-corrected chi connectivity index (χ2v) is 3.26. The van der Waals surface area contributed by atoms with Crippen LogP contribution in [0.3, 0.4) is 0 Å². The van der Waals surface area contributed by atoms with Gasteiger partial charge in [-0.3, -0.25) is 0 Å². The van der Waals surface area contributed by atoms with E-state index in [0.717, 1.165) is 6.42 Å². The van der Waals surface area contributed by atoms with Gasteiger partial charge >= 0.3 is 11.7 Å². The Labute approximate surface area is 87.2 Å². The third-order valence-electron chi connectivity index (χ3n) is 2.18. The standard InChI is InChI=1S/C10H14N2O3/c1-3-5-7-6(4-2)8(9(13)14)12-10(15)11-7/h3-5H2,1-2H3,(H,13,14)(H,11,12,15). The van der Waals surface area contributed by atoms with Crippen molar-refractivity contribution < 1.29 is 9.90 Å². The Balaban J connectivity index is 3.38. The van der Waals surface area contributed by atoms with Crippen LogP contribution in [0.1, 0.15) is 42.0 Å².